The minimum atomic E-state index is -0.531. The maximum absolute atomic E-state index is 12.6. The second-order valence-corrected chi connectivity index (χ2v) is 8.74. The van der Waals surface area contributed by atoms with Crippen LogP contribution in [0.1, 0.15) is 6.42 Å². The highest BCUT2D eigenvalue weighted by Gasteiger charge is 2.28. The van der Waals surface area contributed by atoms with Crippen LogP contribution in [0.3, 0.4) is 0 Å². The number of carbonyl (C=O) groups is 2. The third kappa shape index (κ3) is 4.45. The van der Waals surface area contributed by atoms with Gasteiger partial charge in [-0.2, -0.15) is 5.10 Å². The number of halogens is 1. The Morgan fingerprint density at radius 3 is 2.74 bits per heavy atom. The first-order chi connectivity index (χ1) is 16.8. The zero-order valence-electron chi connectivity index (χ0n) is 19.0. The molecule has 1 aliphatic rings. The van der Waals surface area contributed by atoms with Gasteiger partial charge in [-0.15, -0.1) is 0 Å². The van der Waals surface area contributed by atoms with Gasteiger partial charge in [0.05, 0.1) is 16.6 Å². The molecule has 3 amide bonds. The Morgan fingerprint density at radius 2 is 2.03 bits per heavy atom. The number of likely N-dealkylation sites (N-methyl/N-ethyl adjacent to an activating group) is 1. The van der Waals surface area contributed by atoms with Gasteiger partial charge in [-0.1, -0.05) is 17.7 Å². The minimum Gasteiger partial charge on any atom is -0.381 e. The Bertz CT molecular complexity index is 1470. The molecule has 4 N–H and O–H groups in total. The number of carbonyl (C=O) groups excluding carboxylic acids is 2. The van der Waals surface area contributed by atoms with Crippen molar-refractivity contribution in [2.24, 2.45) is 7.05 Å². The van der Waals surface area contributed by atoms with E-state index >= 15 is 0 Å². The van der Waals surface area contributed by atoms with Crippen LogP contribution < -0.4 is 16.4 Å². The zero-order chi connectivity index (χ0) is 24.7. The number of pyridine rings is 1. The predicted molar refractivity (Wildman–Crippen MR) is 133 cm³/mol. The highest BCUT2D eigenvalue weighted by atomic mass is 35.5. The van der Waals surface area contributed by atoms with E-state index in [1.54, 1.807) is 48.2 Å². The molecular weight excluding hydrogens is 470 g/mol. The predicted octanol–water partition coefficient (Wildman–Crippen LogP) is 2.68. The van der Waals surface area contributed by atoms with Crippen molar-refractivity contribution in [2.45, 2.75) is 12.5 Å². The number of aromatic nitrogens is 5. The van der Waals surface area contributed by atoms with Crippen molar-refractivity contribution in [3.8, 4) is 22.6 Å². The van der Waals surface area contributed by atoms with Crippen LogP contribution in [-0.4, -0.2) is 61.2 Å². The van der Waals surface area contributed by atoms with E-state index in [1.165, 1.54) is 0 Å². The highest BCUT2D eigenvalue weighted by molar-refractivity contribution is 6.35. The summed E-state index contributed by atoms with van der Waals surface area (Å²) in [5.74, 6) is 0.0780. The lowest BCUT2D eigenvalue weighted by Gasteiger charge is -2.15. The number of fused-ring (bicyclic) bond motifs is 1. The lowest BCUT2D eigenvalue weighted by Crippen LogP contribution is -2.39. The summed E-state index contributed by atoms with van der Waals surface area (Å²) < 4.78 is 1.65. The Hall–Kier alpha value is -4.25. The molecule has 178 valence electrons. The molecule has 1 fully saturated rings. The van der Waals surface area contributed by atoms with Gasteiger partial charge in [0.1, 0.15) is 17.1 Å². The molecule has 12 heteroatoms. The summed E-state index contributed by atoms with van der Waals surface area (Å²) in [6.07, 6.45) is 3.69. The number of rotatable bonds is 4. The maximum Gasteiger partial charge on any atom is 0.320 e. The fourth-order valence-electron chi connectivity index (χ4n) is 4.04. The summed E-state index contributed by atoms with van der Waals surface area (Å²) in [6, 6.07) is 8.31. The van der Waals surface area contributed by atoms with Crippen molar-refractivity contribution in [2.75, 3.05) is 24.6 Å². The molecule has 1 saturated heterocycles. The third-order valence-electron chi connectivity index (χ3n) is 5.72. The average Bonchev–Trinajstić information content (AvgIpc) is 3.39. The van der Waals surface area contributed by atoms with Crippen LogP contribution in [0.4, 0.5) is 16.4 Å². The second-order valence-electron chi connectivity index (χ2n) is 8.34. The smallest absolute Gasteiger partial charge is 0.320 e. The molecule has 4 heterocycles. The molecule has 3 aromatic heterocycles. The average molecular weight is 492 g/mol. The number of aryl methyl sites for hydroxylation is 1. The molecule has 0 radical (unpaired) electrons. The van der Waals surface area contributed by atoms with E-state index in [9.17, 15) is 9.59 Å². The molecule has 4 aromatic rings. The molecule has 1 unspecified atom stereocenters. The van der Waals surface area contributed by atoms with E-state index in [0.29, 0.717) is 39.7 Å². The lowest BCUT2D eigenvalue weighted by atomic mass is 10.0. The van der Waals surface area contributed by atoms with Gasteiger partial charge in [0, 0.05) is 50.4 Å². The number of nitrogen functional groups attached to an aromatic ring is 1. The van der Waals surface area contributed by atoms with Gasteiger partial charge in [0.2, 0.25) is 5.91 Å². The maximum atomic E-state index is 12.6. The molecule has 0 bridgehead atoms. The second kappa shape index (κ2) is 8.84. The van der Waals surface area contributed by atoms with Crippen LogP contribution in [0.15, 0.2) is 42.7 Å². The van der Waals surface area contributed by atoms with Crippen LogP contribution in [0.5, 0.6) is 0 Å². The number of nitrogens with zero attached hydrogens (tertiary/aromatic N) is 6. The number of amides is 3. The number of urea groups is 1. The summed E-state index contributed by atoms with van der Waals surface area (Å²) in [5, 5.41) is 11.2. The lowest BCUT2D eigenvalue weighted by molar-refractivity contribution is -0.126. The zero-order valence-corrected chi connectivity index (χ0v) is 19.7. The van der Waals surface area contributed by atoms with Gasteiger partial charge in [-0.25, -0.2) is 14.8 Å². The van der Waals surface area contributed by atoms with Gasteiger partial charge in [0.15, 0.2) is 11.6 Å². The van der Waals surface area contributed by atoms with E-state index in [0.717, 1.165) is 5.39 Å². The van der Waals surface area contributed by atoms with Crippen molar-refractivity contribution in [1.82, 2.24) is 34.9 Å². The monoisotopic (exact) mass is 491 g/mol. The number of hydrogen-bond acceptors (Lipinski definition) is 7. The largest absolute Gasteiger partial charge is 0.381 e. The van der Waals surface area contributed by atoms with Crippen LogP contribution in [-0.2, 0) is 11.8 Å². The first-order valence-electron chi connectivity index (χ1n) is 10.8. The van der Waals surface area contributed by atoms with Crippen molar-refractivity contribution in [3.05, 3.63) is 47.7 Å². The fraction of sp³-hybridized carbons (Fsp3) is 0.217. The number of nitrogens with two attached hydrogens (primary N) is 1. The van der Waals surface area contributed by atoms with Gasteiger partial charge >= 0.3 is 6.03 Å². The summed E-state index contributed by atoms with van der Waals surface area (Å²) in [7, 11) is 3.49. The number of benzene rings is 1. The van der Waals surface area contributed by atoms with Crippen LogP contribution in [0.2, 0.25) is 5.02 Å². The molecule has 0 saturated carbocycles. The molecule has 0 spiro atoms. The minimum absolute atomic E-state index is 0.0257. The van der Waals surface area contributed by atoms with Crippen LogP contribution in [0.25, 0.3) is 33.5 Å². The van der Waals surface area contributed by atoms with Crippen molar-refractivity contribution >= 4 is 46.1 Å². The Kier molecular flexibility index (Phi) is 5.69. The Labute approximate surface area is 205 Å². The topological polar surface area (TPSA) is 144 Å². The summed E-state index contributed by atoms with van der Waals surface area (Å²) in [4.78, 5) is 39.5. The van der Waals surface area contributed by atoms with E-state index in [1.807, 2.05) is 18.2 Å². The molecule has 35 heavy (non-hydrogen) atoms. The third-order valence-corrected chi connectivity index (χ3v) is 6.01. The number of likely N-dealkylation sites (tertiary alicyclic amines) is 1. The number of nitrogens with one attached hydrogen (secondary N) is 2. The van der Waals surface area contributed by atoms with Gasteiger partial charge < -0.3 is 16.0 Å². The first kappa shape index (κ1) is 22.5. The SMILES string of the molecule is CN1CC(NC(=O)Nc2nc(-c3cc(Cl)c4ncccc4c3)c(-c3ccn(C)n3)nc2N)CC1=O. The Morgan fingerprint density at radius 1 is 1.20 bits per heavy atom. The van der Waals surface area contributed by atoms with Crippen LogP contribution >= 0.6 is 11.6 Å². The van der Waals surface area contributed by atoms with Gasteiger partial charge in [-0.05, 0) is 24.3 Å². The molecular formula is C23H22ClN9O2. The summed E-state index contributed by atoms with van der Waals surface area (Å²) in [5.41, 5.74) is 8.95. The number of hydrogen-bond donors (Lipinski definition) is 3. The van der Waals surface area contributed by atoms with E-state index in [4.69, 9.17) is 17.3 Å². The van der Waals surface area contributed by atoms with E-state index in [2.05, 4.69) is 30.7 Å². The Balaban J connectivity index is 1.55. The normalized spacial score (nSPS) is 15.6. The van der Waals surface area contributed by atoms with Gasteiger partial charge in [-0.3, -0.25) is 19.8 Å². The van der Waals surface area contributed by atoms with E-state index in [-0.39, 0.29) is 30.0 Å². The van der Waals surface area contributed by atoms with E-state index < -0.39 is 6.03 Å². The summed E-state index contributed by atoms with van der Waals surface area (Å²) in [6.45, 7) is 0.431. The first-order valence-corrected chi connectivity index (χ1v) is 11.2. The van der Waals surface area contributed by atoms with Crippen molar-refractivity contribution in [1.29, 1.82) is 0 Å². The molecule has 11 nitrogen and oxygen atoms in total. The van der Waals surface area contributed by atoms with Crippen molar-refractivity contribution in [3.63, 3.8) is 0 Å². The quantitative estimate of drug-likeness (QED) is 0.398. The molecule has 0 aliphatic carbocycles. The standard InChI is InChI=1S/C23H22ClN9O2/c1-32-11-14(10-17(32)34)27-23(35)30-22-21(25)28-20(16-5-7-33(2)31-16)19(29-22)13-8-12-4-3-6-26-18(12)15(24)9-13/h3-9,14H,10-11H2,1-2H3,(H2,25,28)(H2,27,29,30,35). The van der Waals surface area contributed by atoms with Crippen molar-refractivity contribution < 1.29 is 9.59 Å². The molecule has 1 atom stereocenters. The molecule has 1 aromatic carbocycles. The fourth-order valence-corrected chi connectivity index (χ4v) is 4.31. The number of anilines is 2. The summed E-state index contributed by atoms with van der Waals surface area (Å²) >= 11 is 6.52. The van der Waals surface area contributed by atoms with Gasteiger partial charge in [0.25, 0.3) is 0 Å². The molecule has 5 rings (SSSR count). The highest BCUT2D eigenvalue weighted by Crippen LogP contribution is 2.35. The van der Waals surface area contributed by atoms with Crippen LogP contribution in [0, 0.1) is 0 Å². The molecule has 1 aliphatic heterocycles.